The van der Waals surface area contributed by atoms with Crippen LogP contribution in [-0.4, -0.2) is 58.4 Å². The van der Waals surface area contributed by atoms with E-state index in [1.807, 2.05) is 0 Å². The molecule has 0 bridgehead atoms. The van der Waals surface area contributed by atoms with E-state index in [2.05, 4.69) is 15.2 Å². The Balaban J connectivity index is 1.50. The molecular formula is C22H30F2N4O3. The number of aliphatic hydroxyl groups is 1. The van der Waals surface area contributed by atoms with Gasteiger partial charge in [0.05, 0.1) is 25.5 Å². The summed E-state index contributed by atoms with van der Waals surface area (Å²) in [6.45, 7) is 5.24. The molecule has 0 amide bonds. The molecule has 1 saturated heterocycles. The fourth-order valence-corrected chi connectivity index (χ4v) is 5.00. The van der Waals surface area contributed by atoms with Crippen molar-refractivity contribution in [3.8, 4) is 5.75 Å². The molecule has 2 aromatic rings. The van der Waals surface area contributed by atoms with Crippen LogP contribution in [0.15, 0.2) is 18.3 Å². The molecule has 1 N–H and O–H groups in total. The molecule has 4 atom stereocenters. The Morgan fingerprint density at radius 2 is 1.87 bits per heavy atom. The highest BCUT2D eigenvalue weighted by molar-refractivity contribution is 5.35. The molecule has 1 aliphatic carbocycles. The van der Waals surface area contributed by atoms with Crippen molar-refractivity contribution in [3.05, 3.63) is 41.2 Å². The van der Waals surface area contributed by atoms with E-state index in [1.54, 1.807) is 31.8 Å². The second kappa shape index (κ2) is 8.44. The van der Waals surface area contributed by atoms with Gasteiger partial charge in [-0.2, -0.15) is 0 Å². The highest BCUT2D eigenvalue weighted by atomic mass is 19.2. The number of aromatic nitrogens is 3. The van der Waals surface area contributed by atoms with Crippen LogP contribution in [0.25, 0.3) is 0 Å². The summed E-state index contributed by atoms with van der Waals surface area (Å²) in [7, 11) is 3.17. The van der Waals surface area contributed by atoms with Crippen LogP contribution in [0.4, 0.5) is 8.78 Å². The third-order valence-electron chi connectivity index (χ3n) is 6.69. The number of fused-ring (bicyclic) bond motifs is 1. The number of nitrogens with zero attached hydrogens (tertiary/aromatic N) is 4. The first-order valence-corrected chi connectivity index (χ1v) is 10.6. The van der Waals surface area contributed by atoms with E-state index in [9.17, 15) is 13.9 Å². The van der Waals surface area contributed by atoms with Gasteiger partial charge in [0.15, 0.2) is 11.6 Å². The highest BCUT2D eigenvalue weighted by Gasteiger charge is 2.44. The lowest BCUT2D eigenvalue weighted by Crippen LogP contribution is -2.37. The van der Waals surface area contributed by atoms with E-state index >= 15 is 0 Å². The van der Waals surface area contributed by atoms with Gasteiger partial charge in [0, 0.05) is 32.3 Å². The molecule has 0 spiro atoms. The molecule has 4 rings (SSSR count). The second-order valence-electron chi connectivity index (χ2n) is 9.21. The normalized spacial score (nSPS) is 26.8. The van der Waals surface area contributed by atoms with Crippen LogP contribution < -0.4 is 4.74 Å². The van der Waals surface area contributed by atoms with Gasteiger partial charge in [0.2, 0.25) is 0 Å². The Morgan fingerprint density at radius 3 is 2.48 bits per heavy atom. The van der Waals surface area contributed by atoms with E-state index in [0.717, 1.165) is 32.0 Å². The number of rotatable bonds is 6. The van der Waals surface area contributed by atoms with Crippen molar-refractivity contribution >= 4 is 0 Å². The van der Waals surface area contributed by atoms with Crippen LogP contribution in [0.3, 0.4) is 0 Å². The van der Waals surface area contributed by atoms with Crippen molar-refractivity contribution in [3.63, 3.8) is 0 Å². The predicted molar refractivity (Wildman–Crippen MR) is 110 cm³/mol. The summed E-state index contributed by atoms with van der Waals surface area (Å²) in [5.74, 6) is -0.553. The minimum absolute atomic E-state index is 0.00948. The van der Waals surface area contributed by atoms with Crippen molar-refractivity contribution in [1.29, 1.82) is 0 Å². The van der Waals surface area contributed by atoms with Gasteiger partial charge in [-0.05, 0) is 50.7 Å². The molecule has 7 nitrogen and oxygen atoms in total. The molecule has 1 aromatic carbocycles. The Morgan fingerprint density at radius 1 is 1.16 bits per heavy atom. The molecule has 2 fully saturated rings. The smallest absolute Gasteiger partial charge is 0.167 e. The zero-order valence-electron chi connectivity index (χ0n) is 18.4. The summed E-state index contributed by atoms with van der Waals surface area (Å²) in [5.41, 5.74) is -0.283. The first-order chi connectivity index (χ1) is 14.7. The maximum Gasteiger partial charge on any atom is 0.167 e. The van der Waals surface area contributed by atoms with E-state index in [4.69, 9.17) is 9.47 Å². The predicted octanol–water partition coefficient (Wildman–Crippen LogP) is 2.89. The molecule has 170 valence electrons. The lowest BCUT2D eigenvalue weighted by atomic mass is 9.77. The SMILES string of the molecule is COc1ccc(F)c(F)c1CN1C[C@H]2C[C@@H](n3cc(C(C)(C)O)nn3)[C@H](OC)C[C@H]2C1. The van der Waals surface area contributed by atoms with Gasteiger partial charge in [-0.25, -0.2) is 13.5 Å². The van der Waals surface area contributed by atoms with Crippen LogP contribution in [-0.2, 0) is 16.9 Å². The fourth-order valence-electron chi connectivity index (χ4n) is 5.00. The molecule has 2 heterocycles. The van der Waals surface area contributed by atoms with Crippen molar-refractivity contribution in [2.24, 2.45) is 11.8 Å². The number of halogens is 2. The van der Waals surface area contributed by atoms with Crippen molar-refractivity contribution in [2.75, 3.05) is 27.3 Å². The standard InChI is InChI=1S/C22H30F2N4O3/c1-22(2,29)20-12-28(26-25-20)17-7-13-9-27(10-14(13)8-19(17)31-4)11-15-18(30-3)6-5-16(23)21(15)24/h5-6,12-14,17,19,29H,7-11H2,1-4H3/t13-,14+,17-,19-/m1/s1. The number of hydrogen-bond acceptors (Lipinski definition) is 6. The minimum Gasteiger partial charge on any atom is -0.496 e. The van der Waals surface area contributed by atoms with Crippen molar-refractivity contribution in [2.45, 2.75) is 51.0 Å². The highest BCUT2D eigenvalue weighted by Crippen LogP contribution is 2.43. The van der Waals surface area contributed by atoms with Crippen LogP contribution in [0.5, 0.6) is 5.75 Å². The molecule has 0 radical (unpaired) electrons. The number of ether oxygens (including phenoxy) is 2. The molecule has 1 saturated carbocycles. The van der Waals surface area contributed by atoms with Crippen LogP contribution in [0.2, 0.25) is 0 Å². The number of likely N-dealkylation sites (tertiary alicyclic amines) is 1. The summed E-state index contributed by atoms with van der Waals surface area (Å²) >= 11 is 0. The summed E-state index contributed by atoms with van der Waals surface area (Å²) in [6, 6.07) is 2.57. The van der Waals surface area contributed by atoms with E-state index in [-0.39, 0.29) is 17.7 Å². The molecule has 1 aliphatic heterocycles. The fraction of sp³-hybridized carbons (Fsp3) is 0.636. The summed E-state index contributed by atoms with van der Waals surface area (Å²) in [4.78, 5) is 2.16. The molecule has 0 unspecified atom stereocenters. The number of hydrogen-bond donors (Lipinski definition) is 1. The second-order valence-corrected chi connectivity index (χ2v) is 9.21. The Labute approximate surface area is 180 Å². The zero-order chi connectivity index (χ0) is 22.3. The third-order valence-corrected chi connectivity index (χ3v) is 6.69. The molecule has 1 aromatic heterocycles. The Kier molecular flexibility index (Phi) is 6.02. The lowest BCUT2D eigenvalue weighted by molar-refractivity contribution is -0.00555. The number of benzene rings is 1. The maximum atomic E-state index is 14.4. The maximum absolute atomic E-state index is 14.4. The first kappa shape index (κ1) is 22.1. The molecular weight excluding hydrogens is 406 g/mol. The van der Waals surface area contributed by atoms with Gasteiger partial charge in [-0.3, -0.25) is 4.90 Å². The van der Waals surface area contributed by atoms with Gasteiger partial charge >= 0.3 is 0 Å². The Bertz CT molecular complexity index is 930. The van der Waals surface area contributed by atoms with Crippen LogP contribution in [0.1, 0.15) is 44.0 Å². The molecule has 2 aliphatic rings. The molecule has 31 heavy (non-hydrogen) atoms. The van der Waals surface area contributed by atoms with Gasteiger partial charge < -0.3 is 14.6 Å². The number of methoxy groups -OCH3 is 2. The monoisotopic (exact) mass is 436 g/mol. The van der Waals surface area contributed by atoms with Crippen LogP contribution >= 0.6 is 0 Å². The zero-order valence-corrected chi connectivity index (χ0v) is 18.4. The summed E-state index contributed by atoms with van der Waals surface area (Å²) in [6.07, 6.45) is 3.45. The average Bonchev–Trinajstić information content (AvgIpc) is 3.37. The van der Waals surface area contributed by atoms with Crippen molar-refractivity contribution in [1.82, 2.24) is 19.9 Å². The summed E-state index contributed by atoms with van der Waals surface area (Å²) < 4.78 is 41.1. The largest absolute Gasteiger partial charge is 0.496 e. The minimum atomic E-state index is -1.06. The summed E-state index contributed by atoms with van der Waals surface area (Å²) in [5, 5.41) is 18.6. The lowest BCUT2D eigenvalue weighted by Gasteiger charge is -2.37. The third kappa shape index (κ3) is 4.31. The van der Waals surface area contributed by atoms with E-state index in [1.165, 1.54) is 13.2 Å². The van der Waals surface area contributed by atoms with Gasteiger partial charge in [-0.15, -0.1) is 5.10 Å². The van der Waals surface area contributed by atoms with Crippen molar-refractivity contribution < 1.29 is 23.4 Å². The van der Waals surface area contributed by atoms with Gasteiger partial charge in [-0.1, -0.05) is 5.21 Å². The topological polar surface area (TPSA) is 72.6 Å². The van der Waals surface area contributed by atoms with E-state index in [0.29, 0.717) is 29.8 Å². The average molecular weight is 437 g/mol. The molecule has 9 heteroatoms. The Hall–Kier alpha value is -2.10. The first-order valence-electron chi connectivity index (χ1n) is 10.6. The van der Waals surface area contributed by atoms with Gasteiger partial charge in [0.1, 0.15) is 17.0 Å². The van der Waals surface area contributed by atoms with E-state index < -0.39 is 17.2 Å². The quantitative estimate of drug-likeness (QED) is 0.751. The van der Waals surface area contributed by atoms with Crippen LogP contribution in [0, 0.1) is 23.5 Å². The van der Waals surface area contributed by atoms with Gasteiger partial charge in [0.25, 0.3) is 0 Å².